The summed E-state index contributed by atoms with van der Waals surface area (Å²) in [6, 6.07) is 6.31. The maximum atomic E-state index is 6.01. The lowest BCUT2D eigenvalue weighted by atomic mass is 10.00. The maximum absolute atomic E-state index is 6.01. The molecule has 0 aromatic heterocycles. The van der Waals surface area contributed by atoms with E-state index in [4.69, 9.17) is 17.3 Å². The van der Waals surface area contributed by atoms with Gasteiger partial charge in [-0.15, -0.1) is 0 Å². The summed E-state index contributed by atoms with van der Waals surface area (Å²) in [4.78, 5) is 4.54. The Morgan fingerprint density at radius 2 is 1.89 bits per heavy atom. The van der Waals surface area contributed by atoms with E-state index in [1.807, 2.05) is 12.1 Å². The average Bonchev–Trinajstić information content (AvgIpc) is 2.32. The van der Waals surface area contributed by atoms with Gasteiger partial charge in [-0.2, -0.15) is 0 Å². The fourth-order valence-corrected chi connectivity index (χ4v) is 2.58. The van der Waals surface area contributed by atoms with E-state index < -0.39 is 0 Å². The number of likely N-dealkylation sites (N-methyl/N-ethyl adjacent to an activating group) is 1. The summed E-state index contributed by atoms with van der Waals surface area (Å²) in [7, 11) is 6.34. The number of benzene rings is 1. The van der Waals surface area contributed by atoms with Crippen molar-refractivity contribution in [3.8, 4) is 0 Å². The largest absolute Gasteiger partial charge is 0.329 e. The van der Waals surface area contributed by atoms with Crippen molar-refractivity contribution >= 4 is 11.6 Å². The number of nitrogens with two attached hydrogens (primary N) is 1. The van der Waals surface area contributed by atoms with Gasteiger partial charge >= 0.3 is 0 Å². The van der Waals surface area contributed by atoms with Crippen molar-refractivity contribution in [2.45, 2.75) is 19.4 Å². The SMILES string of the molecule is Cc1cc(Cl)ccc1C(CN)N(C)CCCN(C)C. The standard InChI is InChI=1S/C15H26ClN3/c1-12-10-13(16)6-7-14(12)15(11-17)19(4)9-5-8-18(2)3/h6-7,10,15H,5,8-9,11,17H2,1-4H3. The molecule has 0 radical (unpaired) electrons. The smallest absolute Gasteiger partial charge is 0.0470 e. The second-order valence-electron chi connectivity index (χ2n) is 5.39. The zero-order chi connectivity index (χ0) is 14.4. The van der Waals surface area contributed by atoms with Crippen LogP contribution >= 0.6 is 11.6 Å². The molecule has 0 spiro atoms. The van der Waals surface area contributed by atoms with Gasteiger partial charge in [0.05, 0.1) is 0 Å². The Balaban J connectivity index is 2.70. The topological polar surface area (TPSA) is 32.5 Å². The monoisotopic (exact) mass is 283 g/mol. The lowest BCUT2D eigenvalue weighted by molar-refractivity contribution is 0.234. The first-order valence-corrected chi connectivity index (χ1v) is 7.14. The number of rotatable bonds is 7. The number of aryl methyl sites for hydroxylation is 1. The molecule has 1 atom stereocenters. The molecular weight excluding hydrogens is 258 g/mol. The second-order valence-corrected chi connectivity index (χ2v) is 5.83. The first-order chi connectivity index (χ1) is 8.95. The highest BCUT2D eigenvalue weighted by Crippen LogP contribution is 2.24. The molecule has 108 valence electrons. The third-order valence-corrected chi connectivity index (χ3v) is 3.70. The predicted molar refractivity (Wildman–Crippen MR) is 83.8 cm³/mol. The van der Waals surface area contributed by atoms with Crippen molar-refractivity contribution in [2.24, 2.45) is 5.73 Å². The molecule has 0 amide bonds. The normalized spacial score (nSPS) is 13.3. The van der Waals surface area contributed by atoms with Crippen LogP contribution in [0.2, 0.25) is 5.02 Å². The number of halogens is 1. The summed E-state index contributed by atoms with van der Waals surface area (Å²) in [5, 5.41) is 0.785. The van der Waals surface area contributed by atoms with Gasteiger partial charge in [-0.1, -0.05) is 17.7 Å². The van der Waals surface area contributed by atoms with Crippen LogP contribution in [-0.4, -0.2) is 50.6 Å². The summed E-state index contributed by atoms with van der Waals surface area (Å²) >= 11 is 6.01. The Kier molecular flexibility index (Phi) is 6.80. The maximum Gasteiger partial charge on any atom is 0.0470 e. The summed E-state index contributed by atoms with van der Waals surface area (Å²) in [5.74, 6) is 0. The van der Waals surface area contributed by atoms with Crippen molar-refractivity contribution in [2.75, 3.05) is 40.8 Å². The second kappa shape index (κ2) is 7.85. The molecule has 4 heteroatoms. The van der Waals surface area contributed by atoms with Crippen molar-refractivity contribution in [1.82, 2.24) is 9.80 Å². The van der Waals surface area contributed by atoms with Gasteiger partial charge < -0.3 is 10.6 Å². The van der Waals surface area contributed by atoms with Crippen LogP contribution in [-0.2, 0) is 0 Å². The van der Waals surface area contributed by atoms with Crippen LogP contribution in [0.1, 0.15) is 23.6 Å². The fourth-order valence-electron chi connectivity index (χ4n) is 2.35. The molecule has 19 heavy (non-hydrogen) atoms. The number of nitrogens with zero attached hydrogens (tertiary/aromatic N) is 2. The van der Waals surface area contributed by atoms with Crippen molar-refractivity contribution in [3.63, 3.8) is 0 Å². The van der Waals surface area contributed by atoms with Gasteiger partial charge in [-0.3, -0.25) is 4.90 Å². The molecule has 1 aromatic rings. The minimum atomic E-state index is 0.263. The molecule has 0 aliphatic heterocycles. The van der Waals surface area contributed by atoms with E-state index in [0.29, 0.717) is 6.54 Å². The third kappa shape index (κ3) is 5.11. The Bertz CT molecular complexity index is 393. The van der Waals surface area contributed by atoms with Gasteiger partial charge in [0.15, 0.2) is 0 Å². The Labute approximate surface area is 122 Å². The molecule has 0 aliphatic rings. The fraction of sp³-hybridized carbons (Fsp3) is 0.600. The van der Waals surface area contributed by atoms with Crippen molar-refractivity contribution in [1.29, 1.82) is 0 Å². The minimum absolute atomic E-state index is 0.263. The van der Waals surface area contributed by atoms with E-state index in [9.17, 15) is 0 Å². The van der Waals surface area contributed by atoms with E-state index >= 15 is 0 Å². The quantitative estimate of drug-likeness (QED) is 0.835. The van der Waals surface area contributed by atoms with Gasteiger partial charge in [0.1, 0.15) is 0 Å². The van der Waals surface area contributed by atoms with Crippen LogP contribution in [0, 0.1) is 6.92 Å². The van der Waals surface area contributed by atoms with Crippen LogP contribution in [0.25, 0.3) is 0 Å². The van der Waals surface area contributed by atoms with Crippen molar-refractivity contribution < 1.29 is 0 Å². The van der Waals surface area contributed by atoms with Crippen LogP contribution in [0.15, 0.2) is 18.2 Å². The van der Waals surface area contributed by atoms with Crippen LogP contribution in [0.4, 0.5) is 0 Å². The summed E-state index contributed by atoms with van der Waals surface area (Å²) < 4.78 is 0. The molecule has 0 bridgehead atoms. The summed E-state index contributed by atoms with van der Waals surface area (Å²) in [6.07, 6.45) is 1.15. The highest BCUT2D eigenvalue weighted by atomic mass is 35.5. The van der Waals surface area contributed by atoms with E-state index in [0.717, 1.165) is 24.5 Å². The predicted octanol–water partition coefficient (Wildman–Crippen LogP) is 2.53. The molecule has 0 saturated heterocycles. The first kappa shape index (κ1) is 16.4. The molecule has 0 aliphatic carbocycles. The highest BCUT2D eigenvalue weighted by molar-refractivity contribution is 6.30. The lowest BCUT2D eigenvalue weighted by Crippen LogP contribution is -2.33. The molecule has 3 nitrogen and oxygen atoms in total. The van der Waals surface area contributed by atoms with Crippen LogP contribution < -0.4 is 5.73 Å². The molecule has 1 unspecified atom stereocenters. The van der Waals surface area contributed by atoms with Gasteiger partial charge in [-0.25, -0.2) is 0 Å². The van der Waals surface area contributed by atoms with Gasteiger partial charge in [-0.05, 0) is 70.8 Å². The molecule has 0 heterocycles. The minimum Gasteiger partial charge on any atom is -0.329 e. The highest BCUT2D eigenvalue weighted by Gasteiger charge is 2.17. The molecule has 1 aromatic carbocycles. The van der Waals surface area contributed by atoms with E-state index in [1.54, 1.807) is 0 Å². The summed E-state index contributed by atoms with van der Waals surface area (Å²) in [5.41, 5.74) is 8.45. The summed E-state index contributed by atoms with van der Waals surface area (Å²) in [6.45, 7) is 4.86. The van der Waals surface area contributed by atoms with Crippen molar-refractivity contribution in [3.05, 3.63) is 34.3 Å². The van der Waals surface area contributed by atoms with Crippen LogP contribution in [0.3, 0.4) is 0 Å². The van der Waals surface area contributed by atoms with Gasteiger partial charge in [0.25, 0.3) is 0 Å². The van der Waals surface area contributed by atoms with E-state index in [2.05, 4.69) is 43.9 Å². The zero-order valence-electron chi connectivity index (χ0n) is 12.5. The lowest BCUT2D eigenvalue weighted by Gasteiger charge is -2.29. The Morgan fingerprint density at radius 3 is 2.42 bits per heavy atom. The number of hydrogen-bond donors (Lipinski definition) is 1. The molecule has 0 saturated carbocycles. The van der Waals surface area contributed by atoms with Gasteiger partial charge in [0.2, 0.25) is 0 Å². The van der Waals surface area contributed by atoms with Crippen LogP contribution in [0.5, 0.6) is 0 Å². The van der Waals surface area contributed by atoms with E-state index in [-0.39, 0.29) is 6.04 Å². The zero-order valence-corrected chi connectivity index (χ0v) is 13.2. The van der Waals surface area contributed by atoms with E-state index in [1.165, 1.54) is 11.1 Å². The van der Waals surface area contributed by atoms with Gasteiger partial charge in [0, 0.05) is 17.6 Å². The molecular formula is C15H26ClN3. The molecule has 1 rings (SSSR count). The Morgan fingerprint density at radius 1 is 1.21 bits per heavy atom. The number of hydrogen-bond acceptors (Lipinski definition) is 3. The Hall–Kier alpha value is -0.610. The third-order valence-electron chi connectivity index (χ3n) is 3.46. The molecule has 0 fully saturated rings. The molecule has 2 N–H and O–H groups in total. The first-order valence-electron chi connectivity index (χ1n) is 6.76. The average molecular weight is 284 g/mol.